The Morgan fingerprint density at radius 3 is 2.25 bits per heavy atom. The highest BCUT2D eigenvalue weighted by Crippen LogP contribution is 2.58. The first-order valence-electron chi connectivity index (χ1n) is 10.8. The second-order valence-corrected chi connectivity index (χ2v) is 10.1. The van der Waals surface area contributed by atoms with Gasteiger partial charge >= 0.3 is 0 Å². The number of nitrogens with two attached hydrogens (primary N) is 1. The number of hydrogen-bond acceptors (Lipinski definition) is 4. The third kappa shape index (κ3) is 2.84. The molecule has 1 aliphatic carbocycles. The first kappa shape index (κ1) is 18.7. The average molecular weight is 384 g/mol. The van der Waals surface area contributed by atoms with Gasteiger partial charge in [-0.05, 0) is 95.4 Å². The number of ether oxygens (including phenoxy) is 3. The normalized spacial score (nSPS) is 41.6. The number of fused-ring (bicyclic) bond motifs is 5. The summed E-state index contributed by atoms with van der Waals surface area (Å²) in [6.45, 7) is 8.42. The molecule has 1 aromatic rings. The second kappa shape index (κ2) is 6.07. The van der Waals surface area contributed by atoms with E-state index in [1.54, 1.807) is 0 Å². The molecule has 0 aromatic heterocycles. The zero-order valence-electron chi connectivity index (χ0n) is 17.6. The maximum absolute atomic E-state index is 6.57. The Morgan fingerprint density at radius 2 is 1.64 bits per heavy atom. The fourth-order valence-electron chi connectivity index (χ4n) is 6.09. The molecule has 4 aliphatic rings. The van der Waals surface area contributed by atoms with E-state index in [2.05, 4.69) is 38.1 Å². The molecule has 2 bridgehead atoms. The minimum atomic E-state index is -0.531. The second-order valence-electron chi connectivity index (χ2n) is 10.1. The zero-order chi connectivity index (χ0) is 19.7. The van der Waals surface area contributed by atoms with E-state index >= 15 is 0 Å². The Labute approximate surface area is 168 Å². The molecule has 0 amide bonds. The largest absolute Gasteiger partial charge is 0.398 e. The molecule has 0 unspecified atom stereocenters. The topological polar surface area (TPSA) is 53.7 Å². The fourth-order valence-corrected chi connectivity index (χ4v) is 6.09. The predicted molar refractivity (Wildman–Crippen MR) is 111 cm³/mol. The first-order valence-corrected chi connectivity index (χ1v) is 10.8. The summed E-state index contributed by atoms with van der Waals surface area (Å²) in [5, 5.41) is 0. The molecule has 3 aliphatic heterocycles. The van der Waals surface area contributed by atoms with Crippen molar-refractivity contribution >= 4 is 11.3 Å². The van der Waals surface area contributed by atoms with Crippen LogP contribution in [0.5, 0.6) is 0 Å². The summed E-state index contributed by atoms with van der Waals surface area (Å²) in [6.07, 6.45) is 9.12. The summed E-state index contributed by atoms with van der Waals surface area (Å²) in [6, 6.07) is 6.65. The number of rotatable bonds is 2. The quantitative estimate of drug-likeness (QED) is 0.716. The summed E-state index contributed by atoms with van der Waals surface area (Å²) < 4.78 is 19.2. The molecule has 4 heteroatoms. The molecule has 3 fully saturated rings. The van der Waals surface area contributed by atoms with E-state index in [4.69, 9.17) is 19.9 Å². The SMILES string of the molecule is CC1(C)O[C@@H]2[C@H](O1)[C@@]1(C)C[C@@H](c3ccc(N)c(C4=CCCCC4)c3)C[C@]2(C)O1. The Kier molecular flexibility index (Phi) is 4.04. The maximum atomic E-state index is 6.57. The van der Waals surface area contributed by atoms with Crippen molar-refractivity contribution < 1.29 is 14.2 Å². The summed E-state index contributed by atoms with van der Waals surface area (Å²) in [4.78, 5) is 0. The zero-order valence-corrected chi connectivity index (χ0v) is 17.6. The summed E-state index contributed by atoms with van der Waals surface area (Å²) in [7, 11) is 0. The van der Waals surface area contributed by atoms with Gasteiger partial charge in [-0.1, -0.05) is 12.1 Å². The molecular weight excluding hydrogens is 350 g/mol. The average Bonchev–Trinajstić information content (AvgIpc) is 3.05. The lowest BCUT2D eigenvalue weighted by atomic mass is 9.79. The van der Waals surface area contributed by atoms with Crippen LogP contribution < -0.4 is 5.73 Å². The minimum Gasteiger partial charge on any atom is -0.398 e. The third-order valence-electron chi connectivity index (χ3n) is 7.26. The lowest BCUT2D eigenvalue weighted by Crippen LogP contribution is -2.46. The Balaban J connectivity index is 1.47. The molecule has 5 rings (SSSR count). The van der Waals surface area contributed by atoms with Crippen LogP contribution >= 0.6 is 0 Å². The van der Waals surface area contributed by atoms with E-state index in [0.717, 1.165) is 24.9 Å². The van der Waals surface area contributed by atoms with Gasteiger partial charge in [0.25, 0.3) is 0 Å². The van der Waals surface area contributed by atoms with Crippen molar-refractivity contribution in [2.24, 2.45) is 0 Å². The molecule has 1 aromatic carbocycles. The maximum Gasteiger partial charge on any atom is 0.164 e. The molecule has 5 atom stereocenters. The van der Waals surface area contributed by atoms with Gasteiger partial charge in [-0.15, -0.1) is 0 Å². The van der Waals surface area contributed by atoms with Crippen molar-refractivity contribution in [1.82, 2.24) is 0 Å². The van der Waals surface area contributed by atoms with E-state index in [1.165, 1.54) is 36.0 Å². The van der Waals surface area contributed by atoms with E-state index in [-0.39, 0.29) is 23.4 Å². The van der Waals surface area contributed by atoms with Crippen LogP contribution in [-0.2, 0) is 14.2 Å². The van der Waals surface area contributed by atoms with Gasteiger partial charge in [0, 0.05) is 11.3 Å². The van der Waals surface area contributed by atoms with E-state index in [1.807, 2.05) is 13.8 Å². The van der Waals surface area contributed by atoms with E-state index in [9.17, 15) is 0 Å². The molecule has 0 radical (unpaired) electrons. The lowest BCUT2D eigenvalue weighted by molar-refractivity contribution is -0.242. The highest BCUT2D eigenvalue weighted by molar-refractivity contribution is 5.76. The lowest BCUT2D eigenvalue weighted by Gasteiger charge is -2.43. The van der Waals surface area contributed by atoms with Gasteiger partial charge in [0.15, 0.2) is 5.79 Å². The van der Waals surface area contributed by atoms with Crippen LogP contribution in [0.25, 0.3) is 5.57 Å². The molecule has 4 nitrogen and oxygen atoms in total. The third-order valence-corrected chi connectivity index (χ3v) is 7.26. The summed E-state index contributed by atoms with van der Waals surface area (Å²) >= 11 is 0. The Morgan fingerprint density at radius 1 is 0.964 bits per heavy atom. The standard InChI is InChI=1S/C24H33NO3/c1-22(2)26-20-21(27-22)24(4)14-17(13-23(20,3)28-24)16-10-11-19(25)18(12-16)15-8-6-5-7-9-15/h8,10-12,17,20-21H,5-7,9,13-14,25H2,1-4H3/t17-,20+,21-,23-,24+. The van der Waals surface area contributed by atoms with Gasteiger partial charge in [0.1, 0.15) is 12.2 Å². The molecule has 28 heavy (non-hydrogen) atoms. The van der Waals surface area contributed by atoms with Crippen molar-refractivity contribution in [2.45, 2.75) is 101 Å². The van der Waals surface area contributed by atoms with Crippen LogP contribution in [0.1, 0.15) is 83.3 Å². The number of hydrogen-bond donors (Lipinski definition) is 1. The monoisotopic (exact) mass is 383 g/mol. The van der Waals surface area contributed by atoms with Crippen LogP contribution in [0.4, 0.5) is 5.69 Å². The van der Waals surface area contributed by atoms with Gasteiger partial charge in [-0.25, -0.2) is 0 Å². The van der Waals surface area contributed by atoms with Crippen LogP contribution in [0.2, 0.25) is 0 Å². The minimum absolute atomic E-state index is 0.00759. The van der Waals surface area contributed by atoms with Crippen LogP contribution in [0, 0.1) is 0 Å². The van der Waals surface area contributed by atoms with Crippen molar-refractivity contribution in [2.75, 3.05) is 5.73 Å². The van der Waals surface area contributed by atoms with Crippen LogP contribution in [-0.4, -0.2) is 29.2 Å². The van der Waals surface area contributed by atoms with Crippen molar-refractivity contribution in [3.05, 3.63) is 35.4 Å². The Hall–Kier alpha value is -1.36. The highest BCUT2D eigenvalue weighted by Gasteiger charge is 2.68. The number of benzene rings is 1. The Bertz CT molecular complexity index is 803. The molecule has 0 saturated carbocycles. The molecular formula is C24H33NO3. The predicted octanol–water partition coefficient (Wildman–Crippen LogP) is 5.17. The highest BCUT2D eigenvalue weighted by atomic mass is 16.8. The van der Waals surface area contributed by atoms with Gasteiger partial charge in [-0.3, -0.25) is 0 Å². The molecule has 3 heterocycles. The fraction of sp³-hybridized carbons (Fsp3) is 0.667. The summed E-state index contributed by atoms with van der Waals surface area (Å²) in [5.41, 5.74) is 10.7. The van der Waals surface area contributed by atoms with Crippen LogP contribution in [0.3, 0.4) is 0 Å². The van der Waals surface area contributed by atoms with Gasteiger partial charge < -0.3 is 19.9 Å². The van der Waals surface area contributed by atoms with Gasteiger partial charge in [0.2, 0.25) is 0 Å². The van der Waals surface area contributed by atoms with Gasteiger partial charge in [0.05, 0.1) is 11.2 Å². The molecule has 2 N–H and O–H groups in total. The molecule has 152 valence electrons. The van der Waals surface area contributed by atoms with E-state index in [0.29, 0.717) is 5.92 Å². The summed E-state index contributed by atoms with van der Waals surface area (Å²) in [5.74, 6) is -0.107. The van der Waals surface area contributed by atoms with E-state index < -0.39 is 5.79 Å². The number of anilines is 1. The number of allylic oxidation sites excluding steroid dienone is 2. The smallest absolute Gasteiger partial charge is 0.164 e. The number of nitrogen functional groups attached to an aromatic ring is 1. The first-order chi connectivity index (χ1) is 13.2. The van der Waals surface area contributed by atoms with Crippen LogP contribution in [0.15, 0.2) is 24.3 Å². The molecule has 3 saturated heterocycles. The van der Waals surface area contributed by atoms with Crippen molar-refractivity contribution in [3.8, 4) is 0 Å². The van der Waals surface area contributed by atoms with Crippen molar-refractivity contribution in [3.63, 3.8) is 0 Å². The van der Waals surface area contributed by atoms with Gasteiger partial charge in [-0.2, -0.15) is 0 Å². The van der Waals surface area contributed by atoms with Crippen molar-refractivity contribution in [1.29, 1.82) is 0 Å². The molecule has 0 spiro atoms.